The van der Waals surface area contributed by atoms with Gasteiger partial charge in [0.25, 0.3) is 11.8 Å². The third-order valence-electron chi connectivity index (χ3n) is 5.47. The molecule has 8 heteroatoms. The zero-order valence-corrected chi connectivity index (χ0v) is 17.7. The summed E-state index contributed by atoms with van der Waals surface area (Å²) in [5, 5.41) is 5.90. The predicted octanol–water partition coefficient (Wildman–Crippen LogP) is 0.591. The molecule has 2 fully saturated rings. The second kappa shape index (κ2) is 12.6. The molecule has 0 aliphatic carbocycles. The number of amides is 2. The van der Waals surface area contributed by atoms with Gasteiger partial charge in [0.05, 0.1) is 26.4 Å². The quantitative estimate of drug-likeness (QED) is 0.541. The number of hydrogen-bond donors (Lipinski definition) is 2. The van der Waals surface area contributed by atoms with Crippen LogP contribution in [0.5, 0.6) is 0 Å². The van der Waals surface area contributed by atoms with E-state index in [0.29, 0.717) is 24.2 Å². The topological polar surface area (TPSA) is 83.1 Å². The van der Waals surface area contributed by atoms with Gasteiger partial charge in [-0.25, -0.2) is 0 Å². The Morgan fingerprint density at radius 3 is 1.63 bits per heavy atom. The first kappa shape index (κ1) is 22.7. The smallest absolute Gasteiger partial charge is 0.251 e. The number of carbonyl (C=O) groups is 2. The van der Waals surface area contributed by atoms with Crippen LogP contribution in [-0.4, -0.2) is 100 Å². The fraction of sp³-hybridized carbons (Fsp3) is 0.636. The van der Waals surface area contributed by atoms with Crippen LogP contribution in [-0.2, 0) is 9.47 Å². The lowest BCUT2D eigenvalue weighted by molar-refractivity contribution is 0.0374. The van der Waals surface area contributed by atoms with E-state index in [9.17, 15) is 9.59 Å². The molecule has 2 heterocycles. The van der Waals surface area contributed by atoms with Crippen molar-refractivity contribution < 1.29 is 19.1 Å². The Hall–Kier alpha value is -2.00. The number of ether oxygens (including phenoxy) is 2. The summed E-state index contributed by atoms with van der Waals surface area (Å²) < 4.78 is 10.7. The number of nitrogens with one attached hydrogen (secondary N) is 2. The fourth-order valence-corrected chi connectivity index (χ4v) is 3.66. The summed E-state index contributed by atoms with van der Waals surface area (Å²) in [6, 6.07) is 6.90. The molecular weight excluding hydrogens is 384 g/mol. The number of benzene rings is 1. The van der Waals surface area contributed by atoms with E-state index in [1.165, 1.54) is 0 Å². The number of carbonyl (C=O) groups excluding carboxylic acids is 2. The lowest BCUT2D eigenvalue weighted by Crippen LogP contribution is -2.38. The Balaban J connectivity index is 1.35. The van der Waals surface area contributed by atoms with E-state index < -0.39 is 0 Å². The molecule has 2 N–H and O–H groups in total. The monoisotopic (exact) mass is 418 g/mol. The highest BCUT2D eigenvalue weighted by Crippen LogP contribution is 2.06. The number of hydrogen-bond acceptors (Lipinski definition) is 6. The molecule has 2 saturated heterocycles. The Morgan fingerprint density at radius 2 is 1.20 bits per heavy atom. The normalized spacial score (nSPS) is 18.1. The first-order valence-electron chi connectivity index (χ1n) is 11.0. The SMILES string of the molecule is O=C(NCCCN1CCOCC1)c1cccc(C(=O)NCCCN2CCOCC2)c1. The molecule has 2 aliphatic heterocycles. The Bertz CT molecular complexity index is 620. The van der Waals surface area contributed by atoms with Crippen LogP contribution < -0.4 is 10.6 Å². The lowest BCUT2D eigenvalue weighted by atomic mass is 10.1. The maximum absolute atomic E-state index is 12.4. The highest BCUT2D eigenvalue weighted by atomic mass is 16.5. The van der Waals surface area contributed by atoms with E-state index in [2.05, 4.69) is 20.4 Å². The van der Waals surface area contributed by atoms with Gasteiger partial charge in [-0.15, -0.1) is 0 Å². The van der Waals surface area contributed by atoms with E-state index in [1.807, 2.05) is 0 Å². The van der Waals surface area contributed by atoms with Gasteiger partial charge >= 0.3 is 0 Å². The zero-order valence-electron chi connectivity index (χ0n) is 17.7. The van der Waals surface area contributed by atoms with E-state index in [0.717, 1.165) is 78.5 Å². The molecule has 0 aromatic heterocycles. The van der Waals surface area contributed by atoms with E-state index in [1.54, 1.807) is 24.3 Å². The molecule has 0 saturated carbocycles. The second-order valence-corrected chi connectivity index (χ2v) is 7.71. The van der Waals surface area contributed by atoms with Crippen LogP contribution in [0.25, 0.3) is 0 Å². The molecule has 8 nitrogen and oxygen atoms in total. The number of morpholine rings is 2. The number of rotatable bonds is 10. The van der Waals surface area contributed by atoms with Crippen LogP contribution in [0, 0.1) is 0 Å². The summed E-state index contributed by atoms with van der Waals surface area (Å²) in [5.74, 6) is -0.280. The molecule has 0 radical (unpaired) electrons. The summed E-state index contributed by atoms with van der Waals surface area (Å²) in [7, 11) is 0. The summed E-state index contributed by atoms with van der Waals surface area (Å²) in [4.78, 5) is 29.5. The van der Waals surface area contributed by atoms with Gasteiger partial charge in [0.1, 0.15) is 0 Å². The Morgan fingerprint density at radius 1 is 0.767 bits per heavy atom. The van der Waals surface area contributed by atoms with Crippen molar-refractivity contribution in [2.24, 2.45) is 0 Å². The summed E-state index contributed by atoms with van der Waals surface area (Å²) in [5.41, 5.74) is 1.03. The first-order chi connectivity index (χ1) is 14.7. The molecule has 1 aromatic carbocycles. The average molecular weight is 419 g/mol. The van der Waals surface area contributed by atoms with Gasteiger partial charge in [-0.3, -0.25) is 19.4 Å². The zero-order chi connectivity index (χ0) is 21.0. The van der Waals surface area contributed by atoms with Gasteiger partial charge in [0.15, 0.2) is 0 Å². The molecular formula is C22H34N4O4. The van der Waals surface area contributed by atoms with Crippen molar-refractivity contribution in [3.63, 3.8) is 0 Å². The standard InChI is InChI=1S/C22H34N4O4/c27-21(23-6-2-8-25-10-14-29-15-11-25)19-4-1-5-20(18-19)22(28)24-7-3-9-26-12-16-30-17-13-26/h1,4-5,18H,2-3,6-17H2,(H,23,27)(H,24,28). The molecule has 3 rings (SSSR count). The van der Waals surface area contributed by atoms with Gasteiger partial charge in [-0.1, -0.05) is 6.07 Å². The number of nitrogens with zero attached hydrogens (tertiary/aromatic N) is 2. The summed E-state index contributed by atoms with van der Waals surface area (Å²) in [6.07, 6.45) is 1.80. The fourth-order valence-electron chi connectivity index (χ4n) is 3.66. The third-order valence-corrected chi connectivity index (χ3v) is 5.47. The van der Waals surface area contributed by atoms with Crippen LogP contribution in [0.1, 0.15) is 33.6 Å². The van der Waals surface area contributed by atoms with Crippen LogP contribution in [0.15, 0.2) is 24.3 Å². The minimum atomic E-state index is -0.140. The van der Waals surface area contributed by atoms with Crippen molar-refractivity contribution >= 4 is 11.8 Å². The predicted molar refractivity (Wildman–Crippen MR) is 115 cm³/mol. The highest BCUT2D eigenvalue weighted by Gasteiger charge is 2.13. The molecule has 0 unspecified atom stereocenters. The van der Waals surface area contributed by atoms with Crippen molar-refractivity contribution in [1.82, 2.24) is 20.4 Å². The van der Waals surface area contributed by atoms with Gasteiger partial charge in [0, 0.05) is 50.4 Å². The summed E-state index contributed by atoms with van der Waals surface area (Å²) >= 11 is 0. The maximum Gasteiger partial charge on any atom is 0.251 e. The minimum absolute atomic E-state index is 0.140. The maximum atomic E-state index is 12.4. The van der Waals surface area contributed by atoms with Crippen molar-refractivity contribution in [2.75, 3.05) is 78.8 Å². The molecule has 2 aliphatic rings. The van der Waals surface area contributed by atoms with Crippen molar-refractivity contribution in [1.29, 1.82) is 0 Å². The second-order valence-electron chi connectivity index (χ2n) is 7.71. The first-order valence-corrected chi connectivity index (χ1v) is 11.0. The Labute approximate surface area is 178 Å². The van der Waals surface area contributed by atoms with Gasteiger partial charge in [0.2, 0.25) is 0 Å². The highest BCUT2D eigenvalue weighted by molar-refractivity contribution is 5.99. The van der Waals surface area contributed by atoms with Crippen LogP contribution in [0.2, 0.25) is 0 Å². The van der Waals surface area contributed by atoms with E-state index in [-0.39, 0.29) is 11.8 Å². The molecule has 166 valence electrons. The van der Waals surface area contributed by atoms with Gasteiger partial charge in [-0.05, 0) is 44.1 Å². The van der Waals surface area contributed by atoms with Gasteiger partial charge < -0.3 is 20.1 Å². The summed E-state index contributed by atoms with van der Waals surface area (Å²) in [6.45, 7) is 10.1. The molecule has 0 atom stereocenters. The molecule has 0 bridgehead atoms. The van der Waals surface area contributed by atoms with Crippen molar-refractivity contribution in [3.8, 4) is 0 Å². The lowest BCUT2D eigenvalue weighted by Gasteiger charge is -2.26. The molecule has 1 aromatic rings. The molecule has 30 heavy (non-hydrogen) atoms. The van der Waals surface area contributed by atoms with Crippen molar-refractivity contribution in [3.05, 3.63) is 35.4 Å². The molecule has 2 amide bonds. The molecule has 0 spiro atoms. The third kappa shape index (κ3) is 7.68. The van der Waals surface area contributed by atoms with E-state index >= 15 is 0 Å². The van der Waals surface area contributed by atoms with Crippen molar-refractivity contribution in [2.45, 2.75) is 12.8 Å². The largest absolute Gasteiger partial charge is 0.379 e. The van der Waals surface area contributed by atoms with Gasteiger partial charge in [-0.2, -0.15) is 0 Å². The van der Waals surface area contributed by atoms with Crippen LogP contribution in [0.3, 0.4) is 0 Å². The average Bonchev–Trinajstić information content (AvgIpc) is 2.81. The van der Waals surface area contributed by atoms with Crippen LogP contribution in [0.4, 0.5) is 0 Å². The Kier molecular flexibility index (Phi) is 9.56. The van der Waals surface area contributed by atoms with Crippen LogP contribution >= 0.6 is 0 Å². The minimum Gasteiger partial charge on any atom is -0.379 e. The van der Waals surface area contributed by atoms with E-state index in [4.69, 9.17) is 9.47 Å².